The summed E-state index contributed by atoms with van der Waals surface area (Å²) in [6.45, 7) is 3.60. The number of hydrogen-bond acceptors (Lipinski definition) is 6. The number of aliphatic hydroxyl groups is 2. The summed E-state index contributed by atoms with van der Waals surface area (Å²) in [5, 5.41) is 20.1. The monoisotopic (exact) mass is 470 g/mol. The Morgan fingerprint density at radius 2 is 1.74 bits per heavy atom. The molecule has 1 rings (SSSR count). The Labute approximate surface area is 203 Å². The van der Waals surface area contributed by atoms with Gasteiger partial charge < -0.3 is 19.7 Å². The molecular weight excluding hydrogens is 432 g/mol. The summed E-state index contributed by atoms with van der Waals surface area (Å²) in [5.41, 5.74) is 0. The van der Waals surface area contributed by atoms with Crippen molar-refractivity contribution >= 4 is 11.9 Å². The van der Waals surface area contributed by atoms with Crippen LogP contribution in [0, 0.1) is 0 Å². The van der Waals surface area contributed by atoms with Gasteiger partial charge in [0.05, 0.1) is 18.3 Å². The van der Waals surface area contributed by atoms with Crippen molar-refractivity contribution < 1.29 is 29.3 Å². The summed E-state index contributed by atoms with van der Waals surface area (Å²) in [5.74, 6) is -0.842. The molecule has 1 heterocycles. The lowest BCUT2D eigenvalue weighted by Crippen LogP contribution is -2.15. The van der Waals surface area contributed by atoms with Crippen LogP contribution in [0.2, 0.25) is 0 Å². The summed E-state index contributed by atoms with van der Waals surface area (Å²) in [7, 11) is 0. The molecule has 0 fully saturated rings. The number of aliphatic hydroxyl groups excluding tert-OH is 2. The van der Waals surface area contributed by atoms with E-state index in [1.165, 1.54) is 12.2 Å². The predicted octanol–water partition coefficient (Wildman–Crippen LogP) is 4.82. The van der Waals surface area contributed by atoms with Gasteiger partial charge in [0.25, 0.3) is 0 Å². The lowest BCUT2D eigenvalue weighted by molar-refractivity contribution is -0.142. The Morgan fingerprint density at radius 3 is 2.53 bits per heavy atom. The SMILES string of the molecule is C/C=C/C(=O)O[C@@H]1C=CC=CC[C@H](O)C[C@@H](O)C=CC=CCCC[C@H](C)OC(=O)C=CC=CC1. The van der Waals surface area contributed by atoms with Crippen LogP contribution in [0.25, 0.3) is 0 Å². The van der Waals surface area contributed by atoms with Crippen LogP contribution in [-0.2, 0) is 19.1 Å². The third-order valence-electron chi connectivity index (χ3n) is 4.79. The molecule has 0 amide bonds. The maximum Gasteiger partial charge on any atom is 0.331 e. The third kappa shape index (κ3) is 15.8. The predicted molar refractivity (Wildman–Crippen MR) is 135 cm³/mol. The second kappa shape index (κ2) is 18.5. The van der Waals surface area contributed by atoms with Crippen molar-refractivity contribution in [3.05, 3.63) is 85.1 Å². The van der Waals surface area contributed by atoms with Crippen LogP contribution >= 0.6 is 0 Å². The zero-order valence-electron chi connectivity index (χ0n) is 20.2. The van der Waals surface area contributed by atoms with E-state index >= 15 is 0 Å². The normalized spacial score (nSPS) is 26.3. The van der Waals surface area contributed by atoms with Crippen molar-refractivity contribution in [2.45, 2.75) is 76.8 Å². The Morgan fingerprint density at radius 1 is 1.03 bits per heavy atom. The highest BCUT2D eigenvalue weighted by Crippen LogP contribution is 2.09. The number of carbonyl (C=O) groups is 2. The quantitative estimate of drug-likeness (QED) is 0.444. The van der Waals surface area contributed by atoms with E-state index in [0.717, 1.165) is 19.3 Å². The molecule has 0 aliphatic carbocycles. The van der Waals surface area contributed by atoms with Gasteiger partial charge in [0.15, 0.2) is 0 Å². The average Bonchev–Trinajstić information content (AvgIpc) is 2.77. The van der Waals surface area contributed by atoms with Crippen molar-refractivity contribution in [2.75, 3.05) is 0 Å². The van der Waals surface area contributed by atoms with Gasteiger partial charge in [0, 0.05) is 25.0 Å². The van der Waals surface area contributed by atoms with Crippen LogP contribution in [0.3, 0.4) is 0 Å². The summed E-state index contributed by atoms with van der Waals surface area (Å²) in [6, 6.07) is 0. The van der Waals surface area contributed by atoms with Crippen molar-refractivity contribution in [3.8, 4) is 0 Å². The molecule has 6 heteroatoms. The number of carbonyl (C=O) groups excluding carboxylic acids is 2. The zero-order chi connectivity index (χ0) is 25.0. The first-order valence-electron chi connectivity index (χ1n) is 11.8. The van der Waals surface area contributed by atoms with E-state index in [1.54, 1.807) is 67.7 Å². The molecule has 2 N–H and O–H groups in total. The van der Waals surface area contributed by atoms with E-state index in [4.69, 9.17) is 9.47 Å². The molecule has 0 saturated heterocycles. The van der Waals surface area contributed by atoms with E-state index in [2.05, 4.69) is 0 Å². The average molecular weight is 471 g/mol. The standard InChI is InChI=1S/C28H38O6/c1-3-15-27(31)34-26-19-12-7-11-18-25(30)22-24(29)17-10-6-4-5-9-16-23(2)33-28(32)21-14-8-13-20-26/h3-4,6-8,10-15,17,19,21,23-26,29-30H,5,9,16,18,20,22H2,1-2H3/b6-4?,11-7?,13-8?,15-3+,17-10?,19-12?,21-14?/t23-,24-,25-,26+/m0/s1. The highest BCUT2D eigenvalue weighted by Gasteiger charge is 2.09. The second-order valence-corrected chi connectivity index (χ2v) is 8.00. The number of ether oxygens (including phenoxy) is 2. The van der Waals surface area contributed by atoms with Crippen LogP contribution in [0.5, 0.6) is 0 Å². The molecule has 0 aromatic carbocycles. The molecule has 0 bridgehead atoms. The van der Waals surface area contributed by atoms with Gasteiger partial charge >= 0.3 is 11.9 Å². The molecule has 0 spiro atoms. The van der Waals surface area contributed by atoms with Crippen LogP contribution in [0.1, 0.15) is 52.4 Å². The number of cyclic esters (lactones) is 1. The molecule has 0 aromatic heterocycles. The Hall–Kier alpha value is -2.96. The Kier molecular flexibility index (Phi) is 15.8. The van der Waals surface area contributed by atoms with Crippen LogP contribution in [0.4, 0.5) is 0 Å². The lowest BCUT2D eigenvalue weighted by Gasteiger charge is -2.11. The summed E-state index contributed by atoms with van der Waals surface area (Å²) < 4.78 is 10.8. The van der Waals surface area contributed by atoms with Gasteiger partial charge in [-0.25, -0.2) is 9.59 Å². The van der Waals surface area contributed by atoms with Crippen LogP contribution in [0.15, 0.2) is 85.1 Å². The summed E-state index contributed by atoms with van der Waals surface area (Å²) >= 11 is 0. The molecule has 1 aliphatic heterocycles. The minimum atomic E-state index is -0.733. The van der Waals surface area contributed by atoms with Gasteiger partial charge in [-0.15, -0.1) is 0 Å². The molecule has 0 radical (unpaired) electrons. The fraction of sp³-hybridized carbons (Fsp3) is 0.429. The number of esters is 2. The Balaban J connectivity index is 2.86. The Bertz CT molecular complexity index is 800. The maximum absolute atomic E-state index is 11.9. The minimum absolute atomic E-state index is 0.187. The van der Waals surface area contributed by atoms with Crippen molar-refractivity contribution in [1.82, 2.24) is 0 Å². The number of hydrogen-bond donors (Lipinski definition) is 2. The molecule has 186 valence electrons. The number of rotatable bonds is 2. The highest BCUT2D eigenvalue weighted by molar-refractivity contribution is 5.82. The first-order valence-corrected chi connectivity index (χ1v) is 11.8. The van der Waals surface area contributed by atoms with Gasteiger partial charge in [0.2, 0.25) is 0 Å². The molecule has 6 nitrogen and oxygen atoms in total. The fourth-order valence-corrected chi connectivity index (χ4v) is 3.06. The first-order chi connectivity index (χ1) is 16.4. The third-order valence-corrected chi connectivity index (χ3v) is 4.79. The van der Waals surface area contributed by atoms with Crippen molar-refractivity contribution in [1.29, 1.82) is 0 Å². The smallest absolute Gasteiger partial charge is 0.331 e. The van der Waals surface area contributed by atoms with Gasteiger partial charge in [-0.1, -0.05) is 66.8 Å². The summed E-state index contributed by atoms with van der Waals surface area (Å²) in [6.07, 6.45) is 25.2. The van der Waals surface area contributed by atoms with Crippen molar-refractivity contribution in [2.24, 2.45) is 0 Å². The number of allylic oxidation sites excluding steroid dienone is 8. The first kappa shape index (κ1) is 29.1. The minimum Gasteiger partial charge on any atom is -0.460 e. The fourth-order valence-electron chi connectivity index (χ4n) is 3.06. The van der Waals surface area contributed by atoms with Gasteiger partial charge in [0.1, 0.15) is 6.10 Å². The van der Waals surface area contributed by atoms with Gasteiger partial charge in [-0.05, 0) is 45.6 Å². The van der Waals surface area contributed by atoms with Gasteiger partial charge in [-0.3, -0.25) is 0 Å². The largest absolute Gasteiger partial charge is 0.460 e. The van der Waals surface area contributed by atoms with E-state index in [1.807, 2.05) is 19.1 Å². The maximum atomic E-state index is 11.9. The zero-order valence-corrected chi connectivity index (χ0v) is 20.2. The molecule has 1 aliphatic rings. The van der Waals surface area contributed by atoms with Gasteiger partial charge in [-0.2, -0.15) is 0 Å². The molecule has 0 aromatic rings. The molecule has 0 saturated carbocycles. The van der Waals surface area contributed by atoms with E-state index < -0.39 is 30.3 Å². The molecule has 0 unspecified atom stereocenters. The lowest BCUT2D eigenvalue weighted by atomic mass is 10.1. The van der Waals surface area contributed by atoms with E-state index in [9.17, 15) is 19.8 Å². The van der Waals surface area contributed by atoms with E-state index in [0.29, 0.717) is 12.8 Å². The molecule has 4 atom stereocenters. The van der Waals surface area contributed by atoms with Crippen LogP contribution in [-0.4, -0.2) is 46.6 Å². The molecular formula is C28H38O6. The molecule has 34 heavy (non-hydrogen) atoms. The van der Waals surface area contributed by atoms with Crippen LogP contribution < -0.4 is 0 Å². The summed E-state index contributed by atoms with van der Waals surface area (Å²) in [4.78, 5) is 23.8. The van der Waals surface area contributed by atoms with Crippen molar-refractivity contribution in [3.63, 3.8) is 0 Å². The highest BCUT2D eigenvalue weighted by atomic mass is 16.5. The topological polar surface area (TPSA) is 93.1 Å². The van der Waals surface area contributed by atoms with E-state index in [-0.39, 0.29) is 12.5 Å². The second-order valence-electron chi connectivity index (χ2n) is 8.00.